The molecule has 1 amide bonds. The summed E-state index contributed by atoms with van der Waals surface area (Å²) in [6.45, 7) is 1.43. The minimum atomic E-state index is -0.428. The molecule has 0 bridgehead atoms. The number of hydrogen-bond acceptors (Lipinski definition) is 3. The Morgan fingerprint density at radius 3 is 2.81 bits per heavy atom. The Hall–Kier alpha value is -1.46. The molecule has 0 unspecified atom stereocenters. The van der Waals surface area contributed by atoms with Crippen LogP contribution in [0.25, 0.3) is 0 Å². The molecule has 86 valence electrons. The monoisotopic (exact) mass is 224 g/mol. The molecule has 1 fully saturated rings. The van der Waals surface area contributed by atoms with Crippen LogP contribution >= 0.6 is 0 Å². The van der Waals surface area contributed by atoms with Crippen LogP contribution in [0.15, 0.2) is 24.3 Å². The largest absolute Gasteiger partial charge is 0.378 e. The second kappa shape index (κ2) is 5.05. The van der Waals surface area contributed by atoms with E-state index in [1.165, 1.54) is 12.1 Å². The molecular formula is C11H13FN2O2. The maximum absolute atomic E-state index is 13.2. The fourth-order valence-electron chi connectivity index (χ4n) is 1.35. The Balaban J connectivity index is 1.80. The number of para-hydroxylation sites is 1. The zero-order valence-electron chi connectivity index (χ0n) is 8.70. The van der Waals surface area contributed by atoms with Crippen LogP contribution in [0.3, 0.4) is 0 Å². The van der Waals surface area contributed by atoms with Crippen LogP contribution in [0, 0.1) is 5.82 Å². The highest BCUT2D eigenvalue weighted by Gasteiger charge is 2.18. The molecule has 0 saturated carbocycles. The van der Waals surface area contributed by atoms with Gasteiger partial charge >= 0.3 is 0 Å². The van der Waals surface area contributed by atoms with Crippen molar-refractivity contribution in [3.8, 4) is 0 Å². The van der Waals surface area contributed by atoms with E-state index >= 15 is 0 Å². The van der Waals surface area contributed by atoms with Crippen molar-refractivity contribution in [3.05, 3.63) is 30.1 Å². The Kier molecular flexibility index (Phi) is 3.48. The first-order valence-corrected chi connectivity index (χ1v) is 5.11. The van der Waals surface area contributed by atoms with Gasteiger partial charge < -0.3 is 15.4 Å². The lowest BCUT2D eigenvalue weighted by Crippen LogP contribution is -2.48. The third-order valence-corrected chi connectivity index (χ3v) is 2.34. The highest BCUT2D eigenvalue weighted by atomic mass is 19.1. The summed E-state index contributed by atoms with van der Waals surface area (Å²) in [7, 11) is 0. The van der Waals surface area contributed by atoms with Gasteiger partial charge in [-0.2, -0.15) is 0 Å². The van der Waals surface area contributed by atoms with Gasteiger partial charge in [-0.15, -0.1) is 0 Å². The molecule has 0 spiro atoms. The summed E-state index contributed by atoms with van der Waals surface area (Å²) >= 11 is 0. The van der Waals surface area contributed by atoms with E-state index in [2.05, 4.69) is 10.6 Å². The quantitative estimate of drug-likeness (QED) is 0.793. The molecular weight excluding hydrogens is 211 g/mol. The van der Waals surface area contributed by atoms with Gasteiger partial charge in [0.15, 0.2) is 0 Å². The molecule has 0 aromatic heterocycles. The van der Waals surface area contributed by atoms with Crippen molar-refractivity contribution in [3.63, 3.8) is 0 Å². The van der Waals surface area contributed by atoms with E-state index in [9.17, 15) is 9.18 Å². The number of carbonyl (C=O) groups is 1. The standard InChI is InChI=1S/C11H13FN2O2/c12-9-3-1-2-4-10(9)14-11(15)5-13-8-6-16-7-8/h1-4,8,13H,5-7H2,(H,14,15). The molecule has 1 aliphatic rings. The van der Waals surface area contributed by atoms with Crippen molar-refractivity contribution in [2.45, 2.75) is 6.04 Å². The van der Waals surface area contributed by atoms with E-state index in [-0.39, 0.29) is 24.2 Å². The van der Waals surface area contributed by atoms with E-state index in [4.69, 9.17) is 4.74 Å². The molecule has 4 nitrogen and oxygen atoms in total. The van der Waals surface area contributed by atoms with Gasteiger partial charge in [-0.25, -0.2) is 4.39 Å². The van der Waals surface area contributed by atoms with E-state index in [0.717, 1.165) is 0 Å². The average molecular weight is 224 g/mol. The first-order valence-electron chi connectivity index (χ1n) is 5.11. The zero-order chi connectivity index (χ0) is 11.4. The third-order valence-electron chi connectivity index (χ3n) is 2.34. The molecule has 2 rings (SSSR count). The highest BCUT2D eigenvalue weighted by molar-refractivity contribution is 5.92. The topological polar surface area (TPSA) is 50.4 Å². The predicted molar refractivity (Wildman–Crippen MR) is 57.6 cm³/mol. The summed E-state index contributed by atoms with van der Waals surface area (Å²) in [6.07, 6.45) is 0. The van der Waals surface area contributed by atoms with Gasteiger partial charge in [-0.1, -0.05) is 12.1 Å². The number of halogens is 1. The molecule has 0 atom stereocenters. The van der Waals surface area contributed by atoms with Gasteiger partial charge in [0.2, 0.25) is 5.91 Å². The van der Waals surface area contributed by atoms with Crippen LogP contribution in [0.4, 0.5) is 10.1 Å². The molecule has 1 aliphatic heterocycles. The van der Waals surface area contributed by atoms with Crippen LogP contribution in [0.5, 0.6) is 0 Å². The first kappa shape index (κ1) is 11.0. The minimum absolute atomic E-state index is 0.169. The molecule has 5 heteroatoms. The molecule has 1 aromatic carbocycles. The molecule has 0 aliphatic carbocycles. The number of benzene rings is 1. The third kappa shape index (κ3) is 2.77. The minimum Gasteiger partial charge on any atom is -0.378 e. The van der Waals surface area contributed by atoms with Gasteiger partial charge in [0, 0.05) is 0 Å². The maximum Gasteiger partial charge on any atom is 0.238 e. The molecule has 2 N–H and O–H groups in total. The summed E-state index contributed by atoms with van der Waals surface area (Å²) in [5, 5.41) is 5.50. The van der Waals surface area contributed by atoms with Gasteiger partial charge in [0.1, 0.15) is 5.82 Å². The number of nitrogens with one attached hydrogen (secondary N) is 2. The van der Waals surface area contributed by atoms with Crippen molar-refractivity contribution in [1.82, 2.24) is 5.32 Å². The summed E-state index contributed by atoms with van der Waals surface area (Å²) in [6, 6.07) is 6.33. The maximum atomic E-state index is 13.2. The van der Waals surface area contributed by atoms with Gasteiger partial charge in [0.05, 0.1) is 31.5 Å². The predicted octanol–water partition coefficient (Wildman–Crippen LogP) is 0.753. The Labute approximate surface area is 92.8 Å². The number of rotatable bonds is 4. The summed E-state index contributed by atoms with van der Waals surface area (Å²) in [5.41, 5.74) is 0.208. The number of carbonyl (C=O) groups excluding carboxylic acids is 1. The number of anilines is 1. The lowest BCUT2D eigenvalue weighted by atomic mass is 10.2. The van der Waals surface area contributed by atoms with Crippen LogP contribution < -0.4 is 10.6 Å². The van der Waals surface area contributed by atoms with Crippen molar-refractivity contribution in [1.29, 1.82) is 0 Å². The van der Waals surface area contributed by atoms with Gasteiger partial charge in [0.25, 0.3) is 0 Å². The fourth-order valence-corrected chi connectivity index (χ4v) is 1.35. The Morgan fingerprint density at radius 1 is 1.44 bits per heavy atom. The van der Waals surface area contributed by atoms with Crippen molar-refractivity contribution < 1.29 is 13.9 Å². The fraction of sp³-hybridized carbons (Fsp3) is 0.364. The lowest BCUT2D eigenvalue weighted by molar-refractivity contribution is -0.116. The van der Waals surface area contributed by atoms with Crippen LogP contribution in [0.2, 0.25) is 0 Å². The van der Waals surface area contributed by atoms with E-state index < -0.39 is 5.82 Å². The van der Waals surface area contributed by atoms with Crippen LogP contribution in [-0.2, 0) is 9.53 Å². The number of amides is 1. The molecule has 0 radical (unpaired) electrons. The first-order chi connectivity index (χ1) is 7.75. The van der Waals surface area contributed by atoms with Crippen LogP contribution in [-0.4, -0.2) is 31.7 Å². The lowest BCUT2D eigenvalue weighted by Gasteiger charge is -2.26. The van der Waals surface area contributed by atoms with Gasteiger partial charge in [-0.3, -0.25) is 4.79 Å². The molecule has 1 heterocycles. The van der Waals surface area contributed by atoms with Crippen molar-refractivity contribution >= 4 is 11.6 Å². The van der Waals surface area contributed by atoms with E-state index in [1.807, 2.05) is 0 Å². The second-order valence-corrected chi connectivity index (χ2v) is 3.64. The van der Waals surface area contributed by atoms with Crippen molar-refractivity contribution in [2.24, 2.45) is 0 Å². The number of ether oxygens (including phenoxy) is 1. The van der Waals surface area contributed by atoms with E-state index in [0.29, 0.717) is 13.2 Å². The smallest absolute Gasteiger partial charge is 0.238 e. The average Bonchev–Trinajstić information content (AvgIpc) is 2.19. The molecule has 1 saturated heterocycles. The van der Waals surface area contributed by atoms with Gasteiger partial charge in [-0.05, 0) is 12.1 Å². The van der Waals surface area contributed by atoms with Crippen molar-refractivity contribution in [2.75, 3.05) is 25.1 Å². The summed E-state index contributed by atoms with van der Waals surface area (Å²) in [5.74, 6) is -0.681. The SMILES string of the molecule is O=C(CNC1COC1)Nc1ccccc1F. The van der Waals surface area contributed by atoms with E-state index in [1.54, 1.807) is 12.1 Å². The summed E-state index contributed by atoms with van der Waals surface area (Å²) in [4.78, 5) is 11.4. The number of hydrogen-bond donors (Lipinski definition) is 2. The molecule has 16 heavy (non-hydrogen) atoms. The highest BCUT2D eigenvalue weighted by Crippen LogP contribution is 2.11. The zero-order valence-corrected chi connectivity index (χ0v) is 8.70. The van der Waals surface area contributed by atoms with Crippen LogP contribution in [0.1, 0.15) is 0 Å². The normalized spacial score (nSPS) is 15.6. The Morgan fingerprint density at radius 2 is 2.19 bits per heavy atom. The summed E-state index contributed by atoms with van der Waals surface area (Å²) < 4.78 is 18.1. The second-order valence-electron chi connectivity index (χ2n) is 3.64. The Bertz CT molecular complexity index is 380. The molecule has 1 aromatic rings.